The fourth-order valence-corrected chi connectivity index (χ4v) is 2.70. The van der Waals surface area contributed by atoms with E-state index in [2.05, 4.69) is 26.0 Å². The molecule has 0 spiro atoms. The number of ether oxygens (including phenoxy) is 1. The summed E-state index contributed by atoms with van der Waals surface area (Å²) in [7, 11) is 0. The van der Waals surface area contributed by atoms with Crippen molar-refractivity contribution in [3.8, 4) is 6.01 Å². The van der Waals surface area contributed by atoms with Crippen molar-refractivity contribution in [2.45, 2.75) is 19.4 Å². The molecule has 4 heterocycles. The van der Waals surface area contributed by atoms with Crippen molar-refractivity contribution in [2.75, 3.05) is 12.3 Å². The van der Waals surface area contributed by atoms with E-state index in [-0.39, 0.29) is 24.1 Å². The van der Waals surface area contributed by atoms with Gasteiger partial charge in [0.15, 0.2) is 11.5 Å². The van der Waals surface area contributed by atoms with Gasteiger partial charge in [-0.25, -0.2) is 4.79 Å². The summed E-state index contributed by atoms with van der Waals surface area (Å²) >= 11 is 0. The van der Waals surface area contributed by atoms with E-state index in [1.54, 1.807) is 6.20 Å². The third-order valence-corrected chi connectivity index (χ3v) is 3.91. The third-order valence-electron chi connectivity index (χ3n) is 3.91. The number of rotatable bonds is 0. The second-order valence-electron chi connectivity index (χ2n) is 5.54. The largest absolute Gasteiger partial charge is 0.463 e. The number of allylic oxidation sites excluding steroid dienone is 1. The topological polar surface area (TPSA) is 112 Å². The third kappa shape index (κ3) is 2.51. The van der Waals surface area contributed by atoms with E-state index in [1.807, 2.05) is 18.2 Å². The van der Waals surface area contributed by atoms with Crippen LogP contribution in [0.5, 0.6) is 6.01 Å². The van der Waals surface area contributed by atoms with Gasteiger partial charge in [0, 0.05) is 6.20 Å². The molecule has 0 fully saturated rings. The predicted molar refractivity (Wildman–Crippen MR) is 89.7 cm³/mol. The van der Waals surface area contributed by atoms with Crippen molar-refractivity contribution in [3.63, 3.8) is 0 Å². The summed E-state index contributed by atoms with van der Waals surface area (Å²) in [5.74, 6) is 0.195. The molecule has 0 saturated carbocycles. The van der Waals surface area contributed by atoms with Gasteiger partial charge in [-0.2, -0.15) is 9.97 Å². The number of H-pyrrole nitrogens is 1. The van der Waals surface area contributed by atoms with Crippen LogP contribution in [0.1, 0.15) is 24.1 Å². The fourth-order valence-electron chi connectivity index (χ4n) is 2.70. The quantitative estimate of drug-likeness (QED) is 0.645. The number of aromatic amines is 1. The first-order valence-corrected chi connectivity index (χ1v) is 7.71. The van der Waals surface area contributed by atoms with Crippen LogP contribution in [0.3, 0.4) is 0 Å². The van der Waals surface area contributed by atoms with Gasteiger partial charge in [0.1, 0.15) is 5.52 Å². The molecule has 0 unspecified atom stereocenters. The van der Waals surface area contributed by atoms with Crippen LogP contribution in [0, 0.1) is 0 Å². The molecule has 0 aliphatic carbocycles. The van der Waals surface area contributed by atoms with E-state index in [4.69, 9.17) is 10.5 Å². The molecular weight excluding hydrogens is 308 g/mol. The maximum Gasteiger partial charge on any atom is 0.328 e. The Labute approximate surface area is 137 Å². The van der Waals surface area contributed by atoms with Crippen LogP contribution in [0.15, 0.2) is 29.2 Å². The summed E-state index contributed by atoms with van der Waals surface area (Å²) in [6, 6.07) is 4.03. The zero-order valence-corrected chi connectivity index (χ0v) is 12.9. The van der Waals surface area contributed by atoms with Gasteiger partial charge in [-0.1, -0.05) is 18.2 Å². The Kier molecular flexibility index (Phi) is 3.49. The van der Waals surface area contributed by atoms with Crippen LogP contribution >= 0.6 is 0 Å². The smallest absolute Gasteiger partial charge is 0.328 e. The Bertz CT molecular complexity index is 988. The van der Waals surface area contributed by atoms with Crippen molar-refractivity contribution in [1.29, 1.82) is 0 Å². The second kappa shape index (κ2) is 5.80. The summed E-state index contributed by atoms with van der Waals surface area (Å²) in [6.07, 6.45) is 7.49. The molecule has 3 aromatic rings. The minimum Gasteiger partial charge on any atom is -0.463 e. The first kappa shape index (κ1) is 14.4. The number of hydrogen-bond acceptors (Lipinski definition) is 6. The molecule has 3 aromatic heterocycles. The van der Waals surface area contributed by atoms with Crippen LogP contribution in [0.2, 0.25) is 0 Å². The molecule has 24 heavy (non-hydrogen) atoms. The fraction of sp³-hybridized carbons (Fsp3) is 0.250. The highest BCUT2D eigenvalue weighted by atomic mass is 16.5. The molecule has 2 bridgehead atoms. The van der Waals surface area contributed by atoms with Gasteiger partial charge in [0.05, 0.1) is 18.8 Å². The number of nitrogen functional groups attached to an aromatic ring is 1. The molecule has 8 heteroatoms. The van der Waals surface area contributed by atoms with Crippen LogP contribution < -0.4 is 16.2 Å². The van der Waals surface area contributed by atoms with Gasteiger partial charge in [-0.05, 0) is 24.5 Å². The Morgan fingerprint density at radius 1 is 1.33 bits per heavy atom. The Morgan fingerprint density at radius 3 is 3.17 bits per heavy atom. The average Bonchev–Trinajstić information content (AvgIpc) is 2.89. The summed E-state index contributed by atoms with van der Waals surface area (Å²) < 4.78 is 7.06. The van der Waals surface area contributed by atoms with Gasteiger partial charge in [0.25, 0.3) is 0 Å². The lowest BCUT2D eigenvalue weighted by Gasteiger charge is -2.07. The molecule has 0 radical (unpaired) electrons. The van der Waals surface area contributed by atoms with E-state index < -0.39 is 0 Å². The number of nitrogens with zero attached hydrogens (tertiary/aromatic N) is 4. The Morgan fingerprint density at radius 2 is 2.25 bits per heavy atom. The van der Waals surface area contributed by atoms with Gasteiger partial charge in [-0.3, -0.25) is 9.55 Å². The highest BCUT2D eigenvalue weighted by Crippen LogP contribution is 2.20. The van der Waals surface area contributed by atoms with Crippen molar-refractivity contribution in [3.05, 3.63) is 46.1 Å². The summed E-state index contributed by atoms with van der Waals surface area (Å²) in [5.41, 5.74) is 8.22. The van der Waals surface area contributed by atoms with Gasteiger partial charge in [-0.15, -0.1) is 0 Å². The van der Waals surface area contributed by atoms with Crippen molar-refractivity contribution in [1.82, 2.24) is 24.5 Å². The van der Waals surface area contributed by atoms with E-state index in [0.717, 1.165) is 24.1 Å². The van der Waals surface area contributed by atoms with E-state index in [0.29, 0.717) is 17.8 Å². The van der Waals surface area contributed by atoms with Crippen molar-refractivity contribution < 1.29 is 4.74 Å². The van der Waals surface area contributed by atoms with E-state index >= 15 is 0 Å². The predicted octanol–water partition coefficient (Wildman–Crippen LogP) is 1.33. The molecule has 1 aliphatic heterocycles. The zero-order valence-electron chi connectivity index (χ0n) is 12.9. The number of nitrogens with one attached hydrogen (secondary N) is 1. The summed E-state index contributed by atoms with van der Waals surface area (Å²) in [4.78, 5) is 27.9. The Balaban J connectivity index is 1.93. The number of fused-ring (bicyclic) bond motifs is 2. The standard InChI is InChI=1S/C16H16N6O2/c17-13-12-14-21-15(20-13)24-8-3-1-2-5-10-6-4-7-18-11(10)9-22(14)16(23)19-12/h2,4-7H,1,3,8-9H2,(H,19,23)(H2,17,20,21). The molecule has 0 aromatic carbocycles. The first-order valence-electron chi connectivity index (χ1n) is 7.71. The molecule has 0 atom stereocenters. The van der Waals surface area contributed by atoms with Crippen LogP contribution in [0.25, 0.3) is 17.2 Å². The molecule has 122 valence electrons. The summed E-state index contributed by atoms with van der Waals surface area (Å²) in [5, 5.41) is 0. The number of imidazole rings is 1. The maximum atomic E-state index is 12.3. The molecule has 4 rings (SSSR count). The lowest BCUT2D eigenvalue weighted by Crippen LogP contribution is -2.19. The highest BCUT2D eigenvalue weighted by molar-refractivity contribution is 5.82. The lowest BCUT2D eigenvalue weighted by molar-refractivity contribution is 0.289. The maximum absolute atomic E-state index is 12.3. The SMILES string of the molecule is Nc1nc2nc3c1[nH]c(=O)n3Cc1ncccc1C=CCCCO2. The monoisotopic (exact) mass is 324 g/mol. The van der Waals surface area contributed by atoms with Gasteiger partial charge < -0.3 is 15.5 Å². The number of aromatic nitrogens is 5. The van der Waals surface area contributed by atoms with E-state index in [1.165, 1.54) is 4.57 Å². The number of nitrogens with two attached hydrogens (primary N) is 1. The first-order chi connectivity index (χ1) is 11.7. The molecular formula is C16H16N6O2. The van der Waals surface area contributed by atoms with Gasteiger partial charge >= 0.3 is 11.7 Å². The minimum absolute atomic E-state index is 0.178. The molecule has 0 saturated heterocycles. The second-order valence-corrected chi connectivity index (χ2v) is 5.54. The normalized spacial score (nSPS) is 14.5. The van der Waals surface area contributed by atoms with Crippen LogP contribution in [0.4, 0.5) is 5.82 Å². The van der Waals surface area contributed by atoms with Gasteiger partial charge in [0.2, 0.25) is 0 Å². The molecule has 1 aliphatic rings. The number of hydrogen-bond donors (Lipinski definition) is 2. The van der Waals surface area contributed by atoms with E-state index in [9.17, 15) is 4.79 Å². The number of pyridine rings is 1. The lowest BCUT2D eigenvalue weighted by atomic mass is 10.1. The zero-order chi connectivity index (χ0) is 16.5. The highest BCUT2D eigenvalue weighted by Gasteiger charge is 2.16. The average molecular weight is 324 g/mol. The number of anilines is 1. The van der Waals surface area contributed by atoms with Crippen molar-refractivity contribution >= 4 is 23.1 Å². The Hall–Kier alpha value is -3.16. The molecule has 8 nitrogen and oxygen atoms in total. The summed E-state index contributed by atoms with van der Waals surface area (Å²) in [6.45, 7) is 0.763. The van der Waals surface area contributed by atoms with Crippen LogP contribution in [-0.4, -0.2) is 31.1 Å². The van der Waals surface area contributed by atoms with Crippen LogP contribution in [-0.2, 0) is 6.54 Å². The van der Waals surface area contributed by atoms with Crippen molar-refractivity contribution in [2.24, 2.45) is 0 Å². The molecule has 3 N–H and O–H groups in total. The minimum atomic E-state index is -0.307. The molecule has 0 amide bonds.